The Labute approximate surface area is 128 Å². The van der Waals surface area contributed by atoms with Crippen molar-refractivity contribution in [3.63, 3.8) is 0 Å². The molecule has 2 N–H and O–H groups in total. The van der Waals surface area contributed by atoms with Crippen LogP contribution in [0.1, 0.15) is 27.4 Å². The molecule has 0 fully saturated rings. The molecule has 114 valence electrons. The third kappa shape index (κ3) is 4.59. The fourth-order valence-corrected chi connectivity index (χ4v) is 1.78. The first-order valence-corrected chi connectivity index (χ1v) is 6.78. The minimum Gasteiger partial charge on any atom is -0.460 e. The number of carbonyl (C=O) groups excluding carboxylic acids is 2. The molecule has 1 aromatic heterocycles. The van der Waals surface area contributed by atoms with E-state index in [2.05, 4.69) is 15.8 Å². The highest BCUT2D eigenvalue weighted by Crippen LogP contribution is 2.03. The van der Waals surface area contributed by atoms with Crippen LogP contribution < -0.4 is 10.7 Å². The van der Waals surface area contributed by atoms with Crippen LogP contribution in [0.15, 0.2) is 45.9 Å². The number of furan rings is 1. The first-order chi connectivity index (χ1) is 10.5. The number of aryl methyl sites for hydroxylation is 2. The number of hydrazone groups is 1. The second kappa shape index (κ2) is 7.21. The second-order valence-corrected chi connectivity index (χ2v) is 4.79. The van der Waals surface area contributed by atoms with E-state index in [1.807, 2.05) is 19.9 Å². The number of hydrogen-bond acceptors (Lipinski definition) is 4. The van der Waals surface area contributed by atoms with E-state index in [-0.39, 0.29) is 12.5 Å². The molecule has 0 aliphatic rings. The van der Waals surface area contributed by atoms with Crippen LogP contribution in [0.3, 0.4) is 0 Å². The van der Waals surface area contributed by atoms with Crippen LogP contribution in [0.25, 0.3) is 0 Å². The van der Waals surface area contributed by atoms with Gasteiger partial charge in [-0.2, -0.15) is 5.10 Å². The van der Waals surface area contributed by atoms with Gasteiger partial charge in [-0.05, 0) is 38.1 Å². The Morgan fingerprint density at radius 1 is 1.23 bits per heavy atom. The maximum absolute atomic E-state index is 11.9. The number of nitrogens with zero attached hydrogens (tertiary/aromatic N) is 1. The molecule has 0 spiro atoms. The maximum atomic E-state index is 11.9. The largest absolute Gasteiger partial charge is 0.460 e. The number of amides is 2. The molecule has 0 aliphatic heterocycles. The molecule has 0 unspecified atom stereocenters. The van der Waals surface area contributed by atoms with Crippen molar-refractivity contribution in [1.29, 1.82) is 0 Å². The molecular formula is C16H17N3O3. The third-order valence-electron chi connectivity index (χ3n) is 2.83. The molecule has 1 aromatic carbocycles. The van der Waals surface area contributed by atoms with E-state index in [0.717, 1.165) is 11.3 Å². The maximum Gasteiger partial charge on any atom is 0.259 e. The second-order valence-electron chi connectivity index (χ2n) is 4.79. The fraction of sp³-hybridized carbons (Fsp3) is 0.188. The molecule has 22 heavy (non-hydrogen) atoms. The Hall–Kier alpha value is -2.89. The van der Waals surface area contributed by atoms with Crippen molar-refractivity contribution < 1.29 is 14.0 Å². The molecule has 1 heterocycles. The van der Waals surface area contributed by atoms with Gasteiger partial charge in [-0.1, -0.05) is 17.7 Å². The van der Waals surface area contributed by atoms with E-state index in [0.29, 0.717) is 11.3 Å². The van der Waals surface area contributed by atoms with E-state index in [4.69, 9.17) is 4.42 Å². The molecule has 6 heteroatoms. The number of hydrogen-bond donors (Lipinski definition) is 2. The minimum absolute atomic E-state index is 0.151. The summed E-state index contributed by atoms with van der Waals surface area (Å²) in [5.74, 6) is 0.588. The zero-order chi connectivity index (χ0) is 15.9. The first kappa shape index (κ1) is 15.5. The summed E-state index contributed by atoms with van der Waals surface area (Å²) in [5, 5.41) is 6.28. The summed E-state index contributed by atoms with van der Waals surface area (Å²) in [5.41, 5.74) is 3.81. The van der Waals surface area contributed by atoms with Crippen molar-refractivity contribution >= 4 is 18.0 Å². The van der Waals surface area contributed by atoms with Crippen molar-refractivity contribution in [2.24, 2.45) is 5.10 Å². The zero-order valence-electron chi connectivity index (χ0n) is 12.4. The number of carbonyl (C=O) groups is 2. The van der Waals surface area contributed by atoms with E-state index in [9.17, 15) is 9.59 Å². The number of nitrogens with one attached hydrogen (secondary N) is 2. The predicted molar refractivity (Wildman–Crippen MR) is 82.7 cm³/mol. The van der Waals surface area contributed by atoms with Crippen molar-refractivity contribution in [1.82, 2.24) is 10.7 Å². The lowest BCUT2D eigenvalue weighted by Gasteiger charge is -2.04. The molecule has 0 saturated carbocycles. The molecule has 2 rings (SSSR count). The first-order valence-electron chi connectivity index (χ1n) is 6.78. The molecule has 0 atom stereocenters. The SMILES string of the molecule is Cc1cccc(C(=O)NCC(=O)N/N=C/c2ccc(C)o2)c1. The van der Waals surface area contributed by atoms with Crippen LogP contribution in [0.4, 0.5) is 0 Å². The molecule has 0 aliphatic carbocycles. The van der Waals surface area contributed by atoms with Gasteiger partial charge in [-0.3, -0.25) is 9.59 Å². The van der Waals surface area contributed by atoms with Crippen molar-refractivity contribution in [3.05, 3.63) is 59.0 Å². The zero-order valence-corrected chi connectivity index (χ0v) is 12.4. The highest BCUT2D eigenvalue weighted by molar-refractivity contribution is 5.96. The van der Waals surface area contributed by atoms with Crippen LogP contribution in [0.5, 0.6) is 0 Å². The van der Waals surface area contributed by atoms with E-state index in [1.54, 1.807) is 30.3 Å². The summed E-state index contributed by atoms with van der Waals surface area (Å²) in [6, 6.07) is 10.7. The van der Waals surface area contributed by atoms with Crippen LogP contribution >= 0.6 is 0 Å². The molecule has 0 bridgehead atoms. The van der Waals surface area contributed by atoms with Crippen LogP contribution in [-0.2, 0) is 4.79 Å². The normalized spacial score (nSPS) is 10.6. The standard InChI is InChI=1S/C16H17N3O3/c1-11-4-3-5-13(8-11)16(21)17-10-15(20)19-18-9-14-7-6-12(2)22-14/h3-9H,10H2,1-2H3,(H,17,21)(H,19,20)/b18-9+. The minimum atomic E-state index is -0.416. The van der Waals surface area contributed by atoms with E-state index in [1.165, 1.54) is 6.21 Å². The summed E-state index contributed by atoms with van der Waals surface area (Å²) >= 11 is 0. The number of rotatable bonds is 5. The Balaban J connectivity index is 1.78. The van der Waals surface area contributed by atoms with Crippen molar-refractivity contribution in [3.8, 4) is 0 Å². The molecule has 2 aromatic rings. The Morgan fingerprint density at radius 2 is 2.05 bits per heavy atom. The summed E-state index contributed by atoms with van der Waals surface area (Å²) in [7, 11) is 0. The Kier molecular flexibility index (Phi) is 5.08. The average molecular weight is 299 g/mol. The monoisotopic (exact) mass is 299 g/mol. The third-order valence-corrected chi connectivity index (χ3v) is 2.83. The van der Waals surface area contributed by atoms with E-state index >= 15 is 0 Å². The van der Waals surface area contributed by atoms with Crippen LogP contribution in [0.2, 0.25) is 0 Å². The smallest absolute Gasteiger partial charge is 0.259 e. The van der Waals surface area contributed by atoms with Gasteiger partial charge in [0.25, 0.3) is 11.8 Å². The van der Waals surface area contributed by atoms with Crippen LogP contribution in [-0.4, -0.2) is 24.6 Å². The Bertz CT molecular complexity index is 704. The van der Waals surface area contributed by atoms with Gasteiger partial charge in [0.1, 0.15) is 11.5 Å². The lowest BCUT2D eigenvalue weighted by atomic mass is 10.1. The van der Waals surface area contributed by atoms with Gasteiger partial charge in [0, 0.05) is 5.56 Å². The van der Waals surface area contributed by atoms with Gasteiger partial charge in [-0.25, -0.2) is 5.43 Å². The van der Waals surface area contributed by atoms with Crippen LogP contribution in [0, 0.1) is 13.8 Å². The predicted octanol–water partition coefficient (Wildman–Crippen LogP) is 1.78. The topological polar surface area (TPSA) is 83.7 Å². The summed E-state index contributed by atoms with van der Waals surface area (Å²) in [4.78, 5) is 23.4. The quantitative estimate of drug-likeness (QED) is 0.652. The summed E-state index contributed by atoms with van der Waals surface area (Å²) in [6.45, 7) is 3.56. The lowest BCUT2D eigenvalue weighted by Crippen LogP contribution is -2.34. The summed E-state index contributed by atoms with van der Waals surface area (Å²) < 4.78 is 5.26. The molecule has 0 radical (unpaired) electrons. The van der Waals surface area contributed by atoms with Gasteiger partial charge >= 0.3 is 0 Å². The molecular weight excluding hydrogens is 282 g/mol. The van der Waals surface area contributed by atoms with Gasteiger partial charge in [0.2, 0.25) is 0 Å². The van der Waals surface area contributed by atoms with Gasteiger partial charge in [0.05, 0.1) is 12.8 Å². The lowest BCUT2D eigenvalue weighted by molar-refractivity contribution is -0.120. The molecule has 0 saturated heterocycles. The van der Waals surface area contributed by atoms with E-state index < -0.39 is 5.91 Å². The highest BCUT2D eigenvalue weighted by atomic mass is 16.3. The Morgan fingerprint density at radius 3 is 2.73 bits per heavy atom. The van der Waals surface area contributed by atoms with Crippen molar-refractivity contribution in [2.75, 3.05) is 6.54 Å². The van der Waals surface area contributed by atoms with Crippen molar-refractivity contribution in [2.45, 2.75) is 13.8 Å². The van der Waals surface area contributed by atoms with Gasteiger partial charge in [-0.15, -0.1) is 0 Å². The molecule has 2 amide bonds. The fourth-order valence-electron chi connectivity index (χ4n) is 1.78. The summed E-state index contributed by atoms with van der Waals surface area (Å²) in [6.07, 6.45) is 1.40. The average Bonchev–Trinajstić information content (AvgIpc) is 2.90. The number of benzene rings is 1. The highest BCUT2D eigenvalue weighted by Gasteiger charge is 2.07. The van der Waals surface area contributed by atoms with Gasteiger partial charge in [0.15, 0.2) is 0 Å². The van der Waals surface area contributed by atoms with Gasteiger partial charge < -0.3 is 9.73 Å². The molecule has 6 nitrogen and oxygen atoms in total.